The van der Waals surface area contributed by atoms with Crippen LogP contribution in [0.25, 0.3) is 0 Å². The first-order valence-electron chi connectivity index (χ1n) is 8.16. The average Bonchev–Trinajstić information content (AvgIpc) is 3.21. The number of halogens is 1. The number of ether oxygens (including phenoxy) is 1. The molecule has 0 spiro atoms. The zero-order valence-electron chi connectivity index (χ0n) is 14.2. The van der Waals surface area contributed by atoms with Gasteiger partial charge in [0, 0.05) is 18.2 Å². The summed E-state index contributed by atoms with van der Waals surface area (Å²) in [5.41, 5.74) is -0.457. The Kier molecular flexibility index (Phi) is 5.30. The first kappa shape index (κ1) is 18.4. The van der Waals surface area contributed by atoms with Crippen LogP contribution in [-0.2, 0) is 17.8 Å². The molecule has 142 valence electrons. The van der Waals surface area contributed by atoms with Gasteiger partial charge in [0.15, 0.2) is 0 Å². The fourth-order valence-electron chi connectivity index (χ4n) is 2.92. The number of nitrogens with zero attached hydrogens (tertiary/aromatic N) is 5. The van der Waals surface area contributed by atoms with Gasteiger partial charge in [0.25, 0.3) is 5.56 Å². The highest BCUT2D eigenvalue weighted by atomic mass is 19.1. The molecule has 0 saturated carbocycles. The number of rotatable bonds is 6. The van der Waals surface area contributed by atoms with Crippen LogP contribution in [0.1, 0.15) is 23.9 Å². The zero-order chi connectivity index (χ0) is 18.8. The lowest BCUT2D eigenvalue weighted by molar-refractivity contribution is -0.0463. The van der Waals surface area contributed by atoms with Crippen molar-refractivity contribution in [3.05, 3.63) is 44.5 Å². The Labute approximate surface area is 147 Å². The molecule has 10 nitrogen and oxygen atoms in total. The maximum Gasteiger partial charge on any atom is 0.333 e. The van der Waals surface area contributed by atoms with Gasteiger partial charge < -0.3 is 14.9 Å². The molecule has 2 aromatic rings. The second-order valence-electron chi connectivity index (χ2n) is 6.17. The van der Waals surface area contributed by atoms with E-state index in [4.69, 9.17) is 4.74 Å². The van der Waals surface area contributed by atoms with Gasteiger partial charge in [-0.05, 0) is 6.92 Å². The Morgan fingerprint density at radius 3 is 2.81 bits per heavy atom. The molecule has 0 aromatic carbocycles. The van der Waals surface area contributed by atoms with Gasteiger partial charge in [-0.15, -0.1) is 5.10 Å². The molecule has 3 atom stereocenters. The molecule has 0 aliphatic carbocycles. The van der Waals surface area contributed by atoms with Crippen molar-refractivity contribution >= 4 is 0 Å². The fraction of sp³-hybridized carbons (Fsp3) is 0.600. The summed E-state index contributed by atoms with van der Waals surface area (Å²) in [6.07, 6.45) is 0.484. The topological polar surface area (TPSA) is 124 Å². The Balaban J connectivity index is 1.94. The highest BCUT2D eigenvalue weighted by Crippen LogP contribution is 2.27. The molecule has 2 N–H and O–H groups in total. The van der Waals surface area contributed by atoms with E-state index in [-0.39, 0.29) is 26.1 Å². The lowest BCUT2D eigenvalue weighted by Gasteiger charge is -2.17. The van der Waals surface area contributed by atoms with E-state index in [1.807, 2.05) is 0 Å². The highest BCUT2D eigenvalue weighted by molar-refractivity contribution is 5.06. The summed E-state index contributed by atoms with van der Waals surface area (Å²) in [5, 5.41) is 26.6. The Morgan fingerprint density at radius 1 is 1.38 bits per heavy atom. The van der Waals surface area contributed by atoms with Gasteiger partial charge in [0.2, 0.25) is 0 Å². The fourth-order valence-corrected chi connectivity index (χ4v) is 2.92. The maximum absolute atomic E-state index is 12.8. The second kappa shape index (κ2) is 7.48. The lowest BCUT2D eigenvalue weighted by Crippen LogP contribution is -2.42. The summed E-state index contributed by atoms with van der Waals surface area (Å²) >= 11 is 0. The van der Waals surface area contributed by atoms with Gasteiger partial charge in [-0.1, -0.05) is 5.21 Å². The third-order valence-corrected chi connectivity index (χ3v) is 4.28. The van der Waals surface area contributed by atoms with Crippen molar-refractivity contribution in [2.24, 2.45) is 0 Å². The molecule has 1 aliphatic heterocycles. The molecule has 3 heterocycles. The van der Waals surface area contributed by atoms with Crippen LogP contribution in [0.4, 0.5) is 4.39 Å². The minimum Gasteiger partial charge on any atom is -0.394 e. The van der Waals surface area contributed by atoms with Gasteiger partial charge in [-0.2, -0.15) is 0 Å². The van der Waals surface area contributed by atoms with Gasteiger partial charge >= 0.3 is 5.69 Å². The summed E-state index contributed by atoms with van der Waals surface area (Å²) in [5.74, 6) is 0. The molecule has 3 rings (SSSR count). The zero-order valence-corrected chi connectivity index (χ0v) is 14.2. The molecule has 26 heavy (non-hydrogen) atoms. The Bertz CT molecular complexity index is 891. The third kappa shape index (κ3) is 3.45. The molecule has 1 aliphatic rings. The number of aliphatic hydroxyl groups excluding tert-OH is 2. The molecule has 0 amide bonds. The second-order valence-corrected chi connectivity index (χ2v) is 6.17. The van der Waals surface area contributed by atoms with Crippen molar-refractivity contribution in [3.63, 3.8) is 0 Å². The molecular formula is C15H20FN5O5. The van der Waals surface area contributed by atoms with E-state index in [2.05, 4.69) is 10.3 Å². The summed E-state index contributed by atoms with van der Waals surface area (Å²) in [6.45, 7) is 0.500. The van der Waals surface area contributed by atoms with Crippen LogP contribution in [0, 0.1) is 6.92 Å². The normalized spacial score (nSPS) is 22.8. The van der Waals surface area contributed by atoms with Crippen molar-refractivity contribution in [2.45, 2.75) is 44.9 Å². The van der Waals surface area contributed by atoms with Crippen LogP contribution < -0.4 is 11.2 Å². The summed E-state index contributed by atoms with van der Waals surface area (Å²) in [4.78, 5) is 25.1. The standard InChI is InChI=1S/C15H20FN5O5/c1-9-5-20(13-4-11(23)12(8-22)26-13)15(25)21(14(9)24)7-10-6-19(3-2-16)18-17-10/h5-6,11-13,22-23H,2-4,7-8H2,1H3/t11-,12+,13+/m0/s1. The van der Waals surface area contributed by atoms with Crippen LogP contribution in [0.5, 0.6) is 0 Å². The Hall–Kier alpha value is -2.37. The van der Waals surface area contributed by atoms with Crippen molar-refractivity contribution in [1.82, 2.24) is 24.1 Å². The van der Waals surface area contributed by atoms with Crippen molar-refractivity contribution in [3.8, 4) is 0 Å². The number of hydrogen-bond acceptors (Lipinski definition) is 7. The molecule has 2 aromatic heterocycles. The summed E-state index contributed by atoms with van der Waals surface area (Å²) in [6, 6.07) is 0. The van der Waals surface area contributed by atoms with Crippen LogP contribution in [0.15, 0.2) is 22.0 Å². The molecular weight excluding hydrogens is 349 g/mol. The first-order chi connectivity index (χ1) is 12.4. The summed E-state index contributed by atoms with van der Waals surface area (Å²) < 4.78 is 21.4. The molecule has 0 radical (unpaired) electrons. The van der Waals surface area contributed by atoms with E-state index < -0.39 is 36.4 Å². The monoisotopic (exact) mass is 369 g/mol. The van der Waals surface area contributed by atoms with Crippen LogP contribution >= 0.6 is 0 Å². The summed E-state index contributed by atoms with van der Waals surface area (Å²) in [7, 11) is 0. The number of alkyl halides is 1. The van der Waals surface area contributed by atoms with E-state index >= 15 is 0 Å². The maximum atomic E-state index is 12.8. The SMILES string of the molecule is Cc1cn([C@H]2C[C@H](O)[C@@H](CO)O2)c(=O)n(Cc2cn(CCF)nn2)c1=O. The van der Waals surface area contributed by atoms with E-state index in [0.29, 0.717) is 11.3 Å². The average molecular weight is 369 g/mol. The van der Waals surface area contributed by atoms with E-state index in [1.54, 1.807) is 6.92 Å². The predicted octanol–water partition coefficient (Wildman–Crippen LogP) is -1.43. The molecule has 1 saturated heterocycles. The van der Waals surface area contributed by atoms with Gasteiger partial charge in [-0.25, -0.2) is 13.9 Å². The lowest BCUT2D eigenvalue weighted by atomic mass is 10.2. The van der Waals surface area contributed by atoms with Crippen molar-refractivity contribution in [1.29, 1.82) is 0 Å². The minimum absolute atomic E-state index is 0.0380. The Morgan fingerprint density at radius 2 is 2.15 bits per heavy atom. The minimum atomic E-state index is -0.904. The molecule has 1 fully saturated rings. The van der Waals surface area contributed by atoms with Gasteiger partial charge in [-0.3, -0.25) is 13.9 Å². The van der Waals surface area contributed by atoms with Gasteiger partial charge in [0.05, 0.1) is 32.0 Å². The van der Waals surface area contributed by atoms with Crippen molar-refractivity contribution < 1.29 is 19.3 Å². The molecule has 0 bridgehead atoms. The quantitative estimate of drug-likeness (QED) is 0.639. The smallest absolute Gasteiger partial charge is 0.333 e. The largest absolute Gasteiger partial charge is 0.394 e. The predicted molar refractivity (Wildman–Crippen MR) is 86.4 cm³/mol. The van der Waals surface area contributed by atoms with Crippen LogP contribution in [0.2, 0.25) is 0 Å². The third-order valence-electron chi connectivity index (χ3n) is 4.28. The number of aryl methyl sites for hydroxylation is 2. The van der Waals surface area contributed by atoms with E-state index in [1.165, 1.54) is 21.6 Å². The van der Waals surface area contributed by atoms with E-state index in [9.17, 15) is 24.2 Å². The molecule has 0 unspecified atom stereocenters. The highest BCUT2D eigenvalue weighted by Gasteiger charge is 2.35. The number of hydrogen-bond donors (Lipinski definition) is 2. The first-order valence-corrected chi connectivity index (χ1v) is 8.16. The number of aliphatic hydroxyl groups is 2. The van der Waals surface area contributed by atoms with Gasteiger partial charge in [0.1, 0.15) is 24.7 Å². The molecule has 11 heteroatoms. The van der Waals surface area contributed by atoms with Crippen LogP contribution in [0.3, 0.4) is 0 Å². The van der Waals surface area contributed by atoms with Crippen molar-refractivity contribution in [2.75, 3.05) is 13.3 Å². The van der Waals surface area contributed by atoms with E-state index in [0.717, 1.165) is 4.57 Å². The van der Waals surface area contributed by atoms with Crippen LogP contribution in [-0.4, -0.2) is 59.8 Å². The number of aromatic nitrogens is 5.